The average molecular weight is 212 g/mol. The Labute approximate surface area is 74.9 Å². The Balaban J connectivity index is 2.60. The number of benzene rings is 1. The highest BCUT2D eigenvalue weighted by atomic mass is 79.9. The van der Waals surface area contributed by atoms with E-state index in [-0.39, 0.29) is 0 Å². The maximum atomic E-state index is 3.49. The van der Waals surface area contributed by atoms with Crippen LogP contribution < -0.4 is 5.32 Å². The van der Waals surface area contributed by atoms with Gasteiger partial charge in [-0.05, 0) is 35.7 Å². The molecule has 1 aromatic rings. The van der Waals surface area contributed by atoms with Crippen LogP contribution in [-0.2, 0) is 13.1 Å². The summed E-state index contributed by atoms with van der Waals surface area (Å²) in [6.45, 7) is 4.22. The van der Waals surface area contributed by atoms with Gasteiger partial charge in [0.2, 0.25) is 0 Å². The quantitative estimate of drug-likeness (QED) is 0.696. The molecule has 1 nitrogen and oxygen atoms in total. The van der Waals surface area contributed by atoms with E-state index in [0.29, 0.717) is 0 Å². The Hall–Kier alpha value is -0.340. The maximum Gasteiger partial charge on any atom is 0.0214 e. The van der Waals surface area contributed by atoms with Crippen LogP contribution in [0.15, 0.2) is 16.6 Å². The lowest BCUT2D eigenvalue weighted by Crippen LogP contribution is -2.00. The van der Waals surface area contributed by atoms with Crippen molar-refractivity contribution < 1.29 is 0 Å². The minimum atomic E-state index is 1.02. The Morgan fingerprint density at radius 1 is 1.36 bits per heavy atom. The van der Waals surface area contributed by atoms with Gasteiger partial charge in [-0.1, -0.05) is 15.9 Å². The van der Waals surface area contributed by atoms with Crippen molar-refractivity contribution in [1.29, 1.82) is 0 Å². The standard InChI is InChI=1S/C9H10BrN/c1-6-2-8(10)3-7-4-11-5-9(6)7/h2-3,11H,4-5H2,1H3. The van der Waals surface area contributed by atoms with Crippen molar-refractivity contribution in [3.63, 3.8) is 0 Å². The average Bonchev–Trinajstić information content (AvgIpc) is 2.34. The van der Waals surface area contributed by atoms with Crippen molar-refractivity contribution in [1.82, 2.24) is 5.32 Å². The van der Waals surface area contributed by atoms with E-state index in [1.165, 1.54) is 21.2 Å². The summed E-state index contributed by atoms with van der Waals surface area (Å²) in [5, 5.41) is 3.33. The van der Waals surface area contributed by atoms with E-state index in [0.717, 1.165) is 13.1 Å². The second-order valence-corrected chi connectivity index (χ2v) is 3.88. The van der Waals surface area contributed by atoms with Gasteiger partial charge >= 0.3 is 0 Å². The number of rotatable bonds is 0. The first kappa shape index (κ1) is 7.32. The summed E-state index contributed by atoms with van der Waals surface area (Å²) in [7, 11) is 0. The molecule has 1 heterocycles. The van der Waals surface area contributed by atoms with Crippen LogP contribution in [0.3, 0.4) is 0 Å². The predicted molar refractivity (Wildman–Crippen MR) is 49.4 cm³/mol. The van der Waals surface area contributed by atoms with Gasteiger partial charge in [0.25, 0.3) is 0 Å². The highest BCUT2D eigenvalue weighted by Gasteiger charge is 2.12. The number of fused-ring (bicyclic) bond motifs is 1. The lowest BCUT2D eigenvalue weighted by molar-refractivity contribution is 0.763. The van der Waals surface area contributed by atoms with E-state index in [4.69, 9.17) is 0 Å². The first-order chi connectivity index (χ1) is 5.27. The van der Waals surface area contributed by atoms with E-state index in [9.17, 15) is 0 Å². The van der Waals surface area contributed by atoms with Gasteiger partial charge in [0, 0.05) is 17.6 Å². The molecule has 0 bridgehead atoms. The fraction of sp³-hybridized carbons (Fsp3) is 0.333. The molecule has 0 amide bonds. The number of hydrogen-bond donors (Lipinski definition) is 1. The molecule has 0 saturated heterocycles. The van der Waals surface area contributed by atoms with Gasteiger partial charge in [0.1, 0.15) is 0 Å². The van der Waals surface area contributed by atoms with Crippen molar-refractivity contribution in [3.8, 4) is 0 Å². The summed E-state index contributed by atoms with van der Waals surface area (Å²) in [5.74, 6) is 0. The lowest BCUT2D eigenvalue weighted by atomic mass is 10.1. The SMILES string of the molecule is Cc1cc(Br)cc2c1CNC2. The van der Waals surface area contributed by atoms with Gasteiger partial charge < -0.3 is 5.32 Å². The molecular weight excluding hydrogens is 202 g/mol. The summed E-state index contributed by atoms with van der Waals surface area (Å²) in [4.78, 5) is 0. The van der Waals surface area contributed by atoms with Gasteiger partial charge in [0.15, 0.2) is 0 Å². The lowest BCUT2D eigenvalue weighted by Gasteiger charge is -2.02. The first-order valence-corrected chi connectivity index (χ1v) is 4.55. The molecular formula is C9H10BrN. The molecule has 0 radical (unpaired) electrons. The van der Waals surface area contributed by atoms with E-state index in [1.807, 2.05) is 0 Å². The summed E-state index contributed by atoms with van der Waals surface area (Å²) in [6.07, 6.45) is 0. The number of hydrogen-bond acceptors (Lipinski definition) is 1. The summed E-state index contributed by atoms with van der Waals surface area (Å²) < 4.78 is 1.19. The van der Waals surface area contributed by atoms with Crippen molar-refractivity contribution in [2.45, 2.75) is 20.0 Å². The predicted octanol–water partition coefficient (Wildman–Crippen LogP) is 2.36. The zero-order chi connectivity index (χ0) is 7.84. The minimum absolute atomic E-state index is 1.02. The van der Waals surface area contributed by atoms with Gasteiger partial charge in [-0.2, -0.15) is 0 Å². The largest absolute Gasteiger partial charge is 0.309 e. The van der Waals surface area contributed by atoms with Crippen molar-refractivity contribution >= 4 is 15.9 Å². The fourth-order valence-electron chi connectivity index (χ4n) is 1.58. The Kier molecular flexibility index (Phi) is 1.74. The van der Waals surface area contributed by atoms with Crippen molar-refractivity contribution in [2.24, 2.45) is 0 Å². The van der Waals surface area contributed by atoms with Crippen LogP contribution in [0.2, 0.25) is 0 Å². The molecule has 1 N–H and O–H groups in total. The maximum absolute atomic E-state index is 3.49. The zero-order valence-corrected chi connectivity index (χ0v) is 8.03. The molecule has 58 valence electrons. The van der Waals surface area contributed by atoms with Gasteiger partial charge in [-0.3, -0.25) is 0 Å². The van der Waals surface area contributed by atoms with Gasteiger partial charge in [-0.15, -0.1) is 0 Å². The highest BCUT2D eigenvalue weighted by molar-refractivity contribution is 9.10. The van der Waals surface area contributed by atoms with E-state index in [1.54, 1.807) is 0 Å². The van der Waals surface area contributed by atoms with Crippen LogP contribution in [0.4, 0.5) is 0 Å². The number of nitrogens with one attached hydrogen (secondary N) is 1. The summed E-state index contributed by atoms with van der Waals surface area (Å²) in [5.41, 5.74) is 4.31. The first-order valence-electron chi connectivity index (χ1n) is 3.76. The zero-order valence-electron chi connectivity index (χ0n) is 6.45. The molecule has 1 aliphatic heterocycles. The number of aryl methyl sites for hydroxylation is 1. The van der Waals surface area contributed by atoms with Crippen LogP contribution >= 0.6 is 15.9 Å². The van der Waals surface area contributed by atoms with Crippen molar-refractivity contribution in [3.05, 3.63) is 33.3 Å². The molecule has 2 rings (SSSR count). The Morgan fingerprint density at radius 3 is 3.00 bits per heavy atom. The molecule has 0 atom stereocenters. The molecule has 1 aliphatic rings. The van der Waals surface area contributed by atoms with Crippen molar-refractivity contribution in [2.75, 3.05) is 0 Å². The second-order valence-electron chi connectivity index (χ2n) is 2.96. The smallest absolute Gasteiger partial charge is 0.0214 e. The normalized spacial score (nSPS) is 15.1. The molecule has 11 heavy (non-hydrogen) atoms. The summed E-state index contributed by atoms with van der Waals surface area (Å²) in [6, 6.07) is 4.37. The van der Waals surface area contributed by atoms with Crippen LogP contribution in [0.5, 0.6) is 0 Å². The molecule has 0 unspecified atom stereocenters. The second kappa shape index (κ2) is 2.61. The Morgan fingerprint density at radius 2 is 2.18 bits per heavy atom. The number of halogens is 1. The molecule has 0 saturated carbocycles. The molecule has 1 aromatic carbocycles. The Bertz CT molecular complexity index is 294. The van der Waals surface area contributed by atoms with Gasteiger partial charge in [-0.25, -0.2) is 0 Å². The third-order valence-corrected chi connectivity index (χ3v) is 2.61. The molecule has 0 aromatic heterocycles. The minimum Gasteiger partial charge on any atom is -0.309 e. The van der Waals surface area contributed by atoms with Crippen LogP contribution in [0.25, 0.3) is 0 Å². The monoisotopic (exact) mass is 211 g/mol. The van der Waals surface area contributed by atoms with Crippen LogP contribution in [-0.4, -0.2) is 0 Å². The van der Waals surface area contributed by atoms with Crippen LogP contribution in [0.1, 0.15) is 16.7 Å². The van der Waals surface area contributed by atoms with Gasteiger partial charge in [0.05, 0.1) is 0 Å². The third kappa shape index (κ3) is 1.21. The highest BCUT2D eigenvalue weighted by Crippen LogP contribution is 2.24. The van der Waals surface area contributed by atoms with E-state index in [2.05, 4.69) is 40.3 Å². The molecule has 0 aliphatic carbocycles. The van der Waals surface area contributed by atoms with E-state index < -0.39 is 0 Å². The third-order valence-electron chi connectivity index (χ3n) is 2.15. The fourth-order valence-corrected chi connectivity index (χ4v) is 2.19. The molecule has 0 fully saturated rings. The van der Waals surface area contributed by atoms with Crippen LogP contribution in [0, 0.1) is 6.92 Å². The molecule has 2 heteroatoms. The van der Waals surface area contributed by atoms with E-state index >= 15 is 0 Å². The molecule has 0 spiro atoms. The topological polar surface area (TPSA) is 12.0 Å². The summed E-state index contributed by atoms with van der Waals surface area (Å²) >= 11 is 3.49.